The Morgan fingerprint density at radius 2 is 1.24 bits per heavy atom. The minimum absolute atomic E-state index is 0.223. The Bertz CT molecular complexity index is 479. The molecule has 7 heteroatoms. The Labute approximate surface area is 145 Å². The van der Waals surface area contributed by atoms with Crippen LogP contribution in [0.1, 0.15) is 48.4 Å². The minimum Gasteiger partial charge on any atom is -0.462 e. The van der Waals surface area contributed by atoms with Gasteiger partial charge >= 0.3 is 11.9 Å². The van der Waals surface area contributed by atoms with Crippen molar-refractivity contribution >= 4 is 55.1 Å². The van der Waals surface area contributed by atoms with Gasteiger partial charge in [-0.15, -0.1) is 11.3 Å². The Morgan fingerprint density at radius 1 is 0.905 bits per heavy atom. The fraction of sp³-hybridized carbons (Fsp3) is 0.571. The summed E-state index contributed by atoms with van der Waals surface area (Å²) in [6, 6.07) is 0. The van der Waals surface area contributed by atoms with Crippen molar-refractivity contribution in [1.82, 2.24) is 0 Å². The van der Waals surface area contributed by atoms with Gasteiger partial charge in [0, 0.05) is 0 Å². The molecule has 0 saturated carbocycles. The second kappa shape index (κ2) is 8.29. The average Bonchev–Trinajstić information content (AvgIpc) is 2.67. The van der Waals surface area contributed by atoms with Crippen molar-refractivity contribution in [3.05, 3.63) is 18.7 Å². The van der Waals surface area contributed by atoms with E-state index in [0.717, 1.165) is 0 Å². The molecule has 0 spiro atoms. The molecule has 0 aliphatic heterocycles. The highest BCUT2D eigenvalue weighted by atomic mass is 79.9. The first-order valence-corrected chi connectivity index (χ1v) is 8.96. The quantitative estimate of drug-likeness (QED) is 0.589. The highest BCUT2D eigenvalue weighted by molar-refractivity contribution is 9.12. The molecular weight excluding hydrogens is 424 g/mol. The Hall–Kier alpha value is -0.400. The molecule has 1 rings (SSSR count). The van der Waals surface area contributed by atoms with E-state index in [0.29, 0.717) is 20.8 Å². The van der Waals surface area contributed by atoms with Gasteiger partial charge in [-0.25, -0.2) is 9.59 Å². The van der Waals surface area contributed by atoms with Gasteiger partial charge in [0.25, 0.3) is 0 Å². The van der Waals surface area contributed by atoms with Crippen LogP contribution < -0.4 is 0 Å². The fourth-order valence-corrected chi connectivity index (χ4v) is 4.45. The lowest BCUT2D eigenvalue weighted by Gasteiger charge is -2.10. The van der Waals surface area contributed by atoms with Gasteiger partial charge in [-0.3, -0.25) is 0 Å². The van der Waals surface area contributed by atoms with Crippen LogP contribution in [0.15, 0.2) is 7.57 Å². The van der Waals surface area contributed by atoms with Crippen LogP contribution >= 0.6 is 43.2 Å². The lowest BCUT2D eigenvalue weighted by Crippen LogP contribution is -2.16. The van der Waals surface area contributed by atoms with Crippen LogP contribution in [0.5, 0.6) is 0 Å². The lowest BCUT2D eigenvalue weighted by atomic mass is 10.2. The first-order chi connectivity index (χ1) is 9.73. The standard InChI is InChI=1S/C14H18Br2O4S/c1-7(2)5-19-13(17)9-10(12(16)21-11(9)15)14(18)20-6-8(3)4/h7-8H,5-6H2,1-4H3. The third-order valence-corrected chi connectivity index (χ3v) is 4.86. The normalized spacial score (nSPS) is 11.0. The number of hydrogen-bond donors (Lipinski definition) is 0. The summed E-state index contributed by atoms with van der Waals surface area (Å²) in [5.41, 5.74) is 0.447. The SMILES string of the molecule is CC(C)COC(=O)c1c(Br)sc(Br)c1C(=O)OCC(C)C. The molecule has 0 radical (unpaired) electrons. The van der Waals surface area contributed by atoms with Crippen molar-refractivity contribution < 1.29 is 19.1 Å². The van der Waals surface area contributed by atoms with Crippen LogP contribution in [-0.2, 0) is 9.47 Å². The number of thiophene rings is 1. The summed E-state index contributed by atoms with van der Waals surface area (Å²) in [7, 11) is 0. The van der Waals surface area contributed by atoms with Gasteiger partial charge in [-0.1, -0.05) is 27.7 Å². The van der Waals surface area contributed by atoms with Crippen LogP contribution in [0.2, 0.25) is 0 Å². The van der Waals surface area contributed by atoms with Gasteiger partial charge in [0.15, 0.2) is 0 Å². The largest absolute Gasteiger partial charge is 0.462 e. The molecule has 1 heterocycles. The molecular formula is C14H18Br2O4S. The van der Waals surface area contributed by atoms with E-state index in [9.17, 15) is 9.59 Å². The van der Waals surface area contributed by atoms with Crippen molar-refractivity contribution in [2.24, 2.45) is 11.8 Å². The number of ether oxygens (including phenoxy) is 2. The van der Waals surface area contributed by atoms with Gasteiger partial charge < -0.3 is 9.47 Å². The van der Waals surface area contributed by atoms with E-state index in [4.69, 9.17) is 9.47 Å². The Balaban J connectivity index is 2.98. The molecule has 0 atom stereocenters. The van der Waals surface area contributed by atoms with Crippen LogP contribution in [0, 0.1) is 11.8 Å². The molecule has 4 nitrogen and oxygen atoms in total. The molecule has 0 saturated heterocycles. The summed E-state index contributed by atoms with van der Waals surface area (Å²) in [6.07, 6.45) is 0. The van der Waals surface area contributed by atoms with E-state index in [1.807, 2.05) is 27.7 Å². The van der Waals surface area contributed by atoms with Crippen molar-refractivity contribution in [2.45, 2.75) is 27.7 Å². The van der Waals surface area contributed by atoms with E-state index in [2.05, 4.69) is 31.9 Å². The number of carbonyl (C=O) groups is 2. The molecule has 0 aliphatic carbocycles. The summed E-state index contributed by atoms with van der Waals surface area (Å²) in [4.78, 5) is 24.3. The fourth-order valence-electron chi connectivity index (χ4n) is 1.37. The minimum atomic E-state index is -0.519. The van der Waals surface area contributed by atoms with Gasteiger partial charge in [-0.05, 0) is 43.7 Å². The van der Waals surface area contributed by atoms with Crippen molar-refractivity contribution in [3.8, 4) is 0 Å². The molecule has 0 bridgehead atoms. The summed E-state index contributed by atoms with van der Waals surface area (Å²) in [5, 5.41) is 0. The van der Waals surface area contributed by atoms with Crippen molar-refractivity contribution in [2.75, 3.05) is 13.2 Å². The Kier molecular flexibility index (Phi) is 7.36. The third kappa shape index (κ3) is 5.38. The highest BCUT2D eigenvalue weighted by Gasteiger charge is 2.28. The smallest absolute Gasteiger partial charge is 0.341 e. The zero-order valence-electron chi connectivity index (χ0n) is 12.4. The second-order valence-electron chi connectivity index (χ2n) is 5.38. The van der Waals surface area contributed by atoms with Crippen molar-refractivity contribution in [1.29, 1.82) is 0 Å². The van der Waals surface area contributed by atoms with Gasteiger partial charge in [0.05, 0.1) is 20.8 Å². The molecule has 0 aromatic carbocycles. The van der Waals surface area contributed by atoms with E-state index in [1.54, 1.807) is 0 Å². The second-order valence-corrected chi connectivity index (χ2v) is 9.04. The Morgan fingerprint density at radius 3 is 1.52 bits per heavy atom. The van der Waals surface area contributed by atoms with Gasteiger partial charge in [-0.2, -0.15) is 0 Å². The maximum Gasteiger partial charge on any atom is 0.341 e. The molecule has 0 amide bonds. The van der Waals surface area contributed by atoms with Crippen LogP contribution in [0.25, 0.3) is 0 Å². The average molecular weight is 442 g/mol. The van der Waals surface area contributed by atoms with Crippen molar-refractivity contribution in [3.63, 3.8) is 0 Å². The van der Waals surface area contributed by atoms with Crippen LogP contribution in [0.4, 0.5) is 0 Å². The molecule has 1 aromatic rings. The molecule has 0 unspecified atom stereocenters. The molecule has 0 fully saturated rings. The van der Waals surface area contributed by atoms with E-state index in [1.165, 1.54) is 11.3 Å². The molecule has 21 heavy (non-hydrogen) atoms. The molecule has 1 aromatic heterocycles. The summed E-state index contributed by atoms with van der Waals surface area (Å²) < 4.78 is 11.5. The van der Waals surface area contributed by atoms with Gasteiger partial charge in [0.1, 0.15) is 11.1 Å². The van der Waals surface area contributed by atoms with E-state index >= 15 is 0 Å². The lowest BCUT2D eigenvalue weighted by molar-refractivity contribution is 0.0412. The topological polar surface area (TPSA) is 52.6 Å². The predicted octanol–water partition coefficient (Wildman–Crippen LogP) is 4.90. The zero-order valence-corrected chi connectivity index (χ0v) is 16.4. The number of carbonyl (C=O) groups excluding carboxylic acids is 2. The first-order valence-electron chi connectivity index (χ1n) is 6.56. The number of hydrogen-bond acceptors (Lipinski definition) is 5. The monoisotopic (exact) mass is 440 g/mol. The number of halogens is 2. The zero-order chi connectivity index (χ0) is 16.2. The van der Waals surface area contributed by atoms with E-state index in [-0.39, 0.29) is 23.0 Å². The summed E-state index contributed by atoms with van der Waals surface area (Å²) in [6.45, 7) is 8.40. The summed E-state index contributed by atoms with van der Waals surface area (Å²) in [5.74, 6) is -0.583. The van der Waals surface area contributed by atoms with Gasteiger partial charge in [0.2, 0.25) is 0 Å². The first kappa shape index (κ1) is 18.6. The van der Waals surface area contributed by atoms with Crippen LogP contribution in [-0.4, -0.2) is 25.2 Å². The third-order valence-electron chi connectivity index (χ3n) is 2.33. The van der Waals surface area contributed by atoms with Crippen LogP contribution in [0.3, 0.4) is 0 Å². The highest BCUT2D eigenvalue weighted by Crippen LogP contribution is 2.38. The molecule has 0 aliphatic rings. The maximum absolute atomic E-state index is 12.2. The molecule has 0 N–H and O–H groups in total. The van der Waals surface area contributed by atoms with E-state index < -0.39 is 11.9 Å². The number of rotatable bonds is 6. The number of esters is 2. The predicted molar refractivity (Wildman–Crippen MR) is 90.0 cm³/mol. The maximum atomic E-state index is 12.2. The molecule has 118 valence electrons. The summed E-state index contributed by atoms with van der Waals surface area (Å²) >= 11 is 7.86.